The minimum Gasteiger partial charge on any atom is -0.508 e. The van der Waals surface area contributed by atoms with Crippen molar-refractivity contribution in [2.45, 2.75) is 68.1 Å². The minimum absolute atomic E-state index is 0.0361. The molecule has 41 heavy (non-hydrogen) atoms. The summed E-state index contributed by atoms with van der Waals surface area (Å²) in [5.74, 6) is -1.12. The van der Waals surface area contributed by atoms with E-state index in [1.165, 1.54) is 31.2 Å². The first-order valence-electron chi connectivity index (χ1n) is 12.7. The summed E-state index contributed by atoms with van der Waals surface area (Å²) >= 11 is 0. The number of aliphatic hydroxyl groups excluding tert-OH is 7. The molecule has 0 radical (unpaired) electrons. The number of rotatable bonds is 5. The number of aromatic hydroxyl groups is 2. The van der Waals surface area contributed by atoms with Crippen LogP contribution in [-0.2, 0) is 9.47 Å². The molecule has 0 unspecified atom stereocenters. The summed E-state index contributed by atoms with van der Waals surface area (Å²) < 4.78 is 23.1. The molecule has 2 aromatic carbocycles. The number of ether oxygens (including phenoxy) is 3. The maximum Gasteiger partial charge on any atom is 0.229 e. The van der Waals surface area contributed by atoms with Crippen molar-refractivity contribution in [2.75, 3.05) is 6.61 Å². The lowest BCUT2D eigenvalue weighted by Gasteiger charge is -2.42. The van der Waals surface area contributed by atoms with E-state index in [-0.39, 0.29) is 33.8 Å². The summed E-state index contributed by atoms with van der Waals surface area (Å²) in [5.41, 5.74) is -1.04. The Morgan fingerprint density at radius 3 is 2.15 bits per heavy atom. The van der Waals surface area contributed by atoms with Crippen molar-refractivity contribution < 1.29 is 64.6 Å². The molecule has 1 aromatic heterocycles. The first-order chi connectivity index (χ1) is 19.4. The van der Waals surface area contributed by atoms with Gasteiger partial charge in [-0.05, 0) is 31.2 Å². The molecule has 10 atom stereocenters. The molecular formula is C27H30O14. The van der Waals surface area contributed by atoms with Crippen LogP contribution in [0.15, 0.2) is 45.6 Å². The van der Waals surface area contributed by atoms with Crippen molar-refractivity contribution in [1.82, 2.24) is 0 Å². The van der Waals surface area contributed by atoms with E-state index in [1.54, 1.807) is 0 Å². The van der Waals surface area contributed by atoms with Gasteiger partial charge in [-0.3, -0.25) is 4.79 Å². The summed E-state index contributed by atoms with van der Waals surface area (Å²) in [6, 6.07) is 7.63. The van der Waals surface area contributed by atoms with Crippen LogP contribution < -0.4 is 10.2 Å². The first-order valence-corrected chi connectivity index (χ1v) is 12.7. The molecule has 222 valence electrons. The van der Waals surface area contributed by atoms with Crippen molar-refractivity contribution in [1.29, 1.82) is 0 Å². The molecule has 2 aliphatic heterocycles. The van der Waals surface area contributed by atoms with Gasteiger partial charge < -0.3 is 64.6 Å². The number of fused-ring (bicyclic) bond motifs is 1. The molecule has 3 aromatic rings. The Morgan fingerprint density at radius 2 is 1.49 bits per heavy atom. The molecule has 0 saturated carbocycles. The second kappa shape index (κ2) is 11.2. The lowest BCUT2D eigenvalue weighted by atomic mass is 9.89. The number of phenols is 2. The van der Waals surface area contributed by atoms with Crippen molar-refractivity contribution in [2.24, 2.45) is 0 Å². The Morgan fingerprint density at radius 1 is 0.829 bits per heavy atom. The van der Waals surface area contributed by atoms with E-state index in [4.69, 9.17) is 18.6 Å². The van der Waals surface area contributed by atoms with Crippen LogP contribution in [0.3, 0.4) is 0 Å². The molecule has 2 aliphatic rings. The largest absolute Gasteiger partial charge is 0.508 e. The molecule has 0 spiro atoms. The molecule has 2 fully saturated rings. The third-order valence-corrected chi connectivity index (χ3v) is 7.36. The van der Waals surface area contributed by atoms with Gasteiger partial charge in [0, 0.05) is 17.7 Å². The molecule has 0 aliphatic carbocycles. The molecule has 3 heterocycles. The quantitative estimate of drug-likeness (QED) is 0.169. The summed E-state index contributed by atoms with van der Waals surface area (Å²) in [7, 11) is 0. The second-order valence-electron chi connectivity index (χ2n) is 10.1. The van der Waals surface area contributed by atoms with Gasteiger partial charge in [0.15, 0.2) is 11.0 Å². The molecule has 2 saturated heterocycles. The van der Waals surface area contributed by atoms with Gasteiger partial charge in [-0.1, -0.05) is 0 Å². The number of hydrogen-bond acceptors (Lipinski definition) is 14. The third-order valence-electron chi connectivity index (χ3n) is 7.36. The van der Waals surface area contributed by atoms with Crippen LogP contribution in [-0.4, -0.2) is 108 Å². The van der Waals surface area contributed by atoms with Gasteiger partial charge in [-0.25, -0.2) is 0 Å². The van der Waals surface area contributed by atoms with Crippen LogP contribution in [0, 0.1) is 0 Å². The van der Waals surface area contributed by atoms with Gasteiger partial charge in [0.05, 0.1) is 18.3 Å². The molecule has 0 bridgehead atoms. The monoisotopic (exact) mass is 578 g/mol. The standard InChI is InChI=1S/C27H30O14/c1-9-19(32)21(34)24(37)27(38-9)41-15-7-13(31)17-12(30)6-14(10-2-4-11(29)5-3-10)39-25(17)18(15)26-23(36)22(35)20(33)16(8-28)40-26/h2-7,9,16,19-24,26-29,31-37H,8H2,1H3/t9-,16-,19-,20+,21-,22+,23+,24-,26-,27-/m0/s1. The van der Waals surface area contributed by atoms with Crippen LogP contribution in [0.5, 0.6) is 17.2 Å². The van der Waals surface area contributed by atoms with E-state index in [1.807, 2.05) is 0 Å². The van der Waals surface area contributed by atoms with Crippen LogP contribution in [0.2, 0.25) is 0 Å². The maximum atomic E-state index is 13.2. The van der Waals surface area contributed by atoms with Crippen molar-refractivity contribution >= 4 is 11.0 Å². The Balaban J connectivity index is 1.73. The highest BCUT2D eigenvalue weighted by Gasteiger charge is 2.48. The average Bonchev–Trinajstić information content (AvgIpc) is 2.94. The Hall–Kier alpha value is -3.31. The summed E-state index contributed by atoms with van der Waals surface area (Å²) in [6.45, 7) is 0.637. The third kappa shape index (κ3) is 5.14. The van der Waals surface area contributed by atoms with E-state index >= 15 is 0 Å². The highest BCUT2D eigenvalue weighted by Crippen LogP contribution is 2.45. The fraction of sp³-hybridized carbons (Fsp3) is 0.444. The predicted octanol–water partition coefficient (Wildman–Crippen LogP) is -1.41. The fourth-order valence-corrected chi connectivity index (χ4v) is 5.02. The topological polar surface area (TPSA) is 240 Å². The van der Waals surface area contributed by atoms with Crippen LogP contribution in [0.1, 0.15) is 18.6 Å². The number of benzene rings is 2. The number of aliphatic hydroxyl groups is 7. The van der Waals surface area contributed by atoms with Gasteiger partial charge in [-0.2, -0.15) is 0 Å². The summed E-state index contributed by atoms with van der Waals surface area (Å²) in [5, 5.41) is 92.5. The van der Waals surface area contributed by atoms with Gasteiger partial charge in [0.1, 0.15) is 77.2 Å². The molecule has 14 heteroatoms. The highest BCUT2D eigenvalue weighted by atomic mass is 16.7. The van der Waals surface area contributed by atoms with Crippen molar-refractivity contribution in [3.8, 4) is 28.6 Å². The minimum atomic E-state index is -1.88. The van der Waals surface area contributed by atoms with Gasteiger partial charge in [-0.15, -0.1) is 0 Å². The normalized spacial score (nSPS) is 34.0. The lowest BCUT2D eigenvalue weighted by Crippen LogP contribution is -2.58. The van der Waals surface area contributed by atoms with Gasteiger partial charge in [0.2, 0.25) is 6.29 Å². The van der Waals surface area contributed by atoms with Crippen LogP contribution in [0.4, 0.5) is 0 Å². The molecule has 5 rings (SSSR count). The van der Waals surface area contributed by atoms with Crippen LogP contribution >= 0.6 is 0 Å². The predicted molar refractivity (Wildman–Crippen MR) is 137 cm³/mol. The Labute approximate surface area is 231 Å². The zero-order valence-corrected chi connectivity index (χ0v) is 21.5. The number of hydrogen-bond donors (Lipinski definition) is 9. The van der Waals surface area contributed by atoms with Crippen molar-refractivity contribution in [3.63, 3.8) is 0 Å². The Kier molecular flexibility index (Phi) is 7.95. The van der Waals surface area contributed by atoms with E-state index in [9.17, 15) is 50.8 Å². The lowest BCUT2D eigenvalue weighted by molar-refractivity contribution is -0.269. The zero-order valence-electron chi connectivity index (χ0n) is 21.5. The average molecular weight is 579 g/mol. The van der Waals surface area contributed by atoms with E-state index in [2.05, 4.69) is 0 Å². The van der Waals surface area contributed by atoms with E-state index in [0.29, 0.717) is 5.56 Å². The smallest absolute Gasteiger partial charge is 0.229 e. The maximum absolute atomic E-state index is 13.2. The van der Waals surface area contributed by atoms with Gasteiger partial charge in [0.25, 0.3) is 0 Å². The summed E-state index contributed by atoms with van der Waals surface area (Å²) in [6.07, 6.45) is -16.1. The SMILES string of the molecule is C[C@@H]1O[C@@H](Oc2cc(O)c3c(=O)cc(-c4ccc(O)cc4)oc3c2[C@@H]2O[C@@H](CO)[C@@H](O)[C@@H](O)[C@H]2O)[C@@H](O)[C@@H](O)[C@H]1O. The van der Waals surface area contributed by atoms with Crippen LogP contribution in [0.25, 0.3) is 22.3 Å². The number of phenolic OH excluding ortho intramolecular Hbond substituents is 2. The molecule has 14 nitrogen and oxygen atoms in total. The molecular weight excluding hydrogens is 548 g/mol. The van der Waals surface area contributed by atoms with Crippen molar-refractivity contribution in [3.05, 3.63) is 52.2 Å². The summed E-state index contributed by atoms with van der Waals surface area (Å²) in [4.78, 5) is 13.2. The second-order valence-corrected chi connectivity index (χ2v) is 10.1. The molecule has 9 N–H and O–H groups in total. The van der Waals surface area contributed by atoms with Gasteiger partial charge >= 0.3 is 0 Å². The first kappa shape index (κ1) is 29.2. The molecule has 0 amide bonds. The van der Waals surface area contributed by atoms with E-state index < -0.39 is 79.0 Å². The highest BCUT2D eigenvalue weighted by molar-refractivity contribution is 5.89. The zero-order chi connectivity index (χ0) is 29.7. The Bertz CT molecular complexity index is 1450. The van der Waals surface area contributed by atoms with E-state index in [0.717, 1.165) is 12.1 Å². The fourth-order valence-electron chi connectivity index (χ4n) is 5.02.